The lowest BCUT2D eigenvalue weighted by Gasteiger charge is -2.37. The Balaban J connectivity index is 2.36. The molecule has 3 N–H and O–H groups in total. The first kappa shape index (κ1) is 11.9. The van der Waals surface area contributed by atoms with Crippen LogP contribution in [0.4, 0.5) is 5.69 Å². The average molecular weight is 233 g/mol. The molecule has 17 heavy (non-hydrogen) atoms. The number of benzene rings is 1. The topological polar surface area (TPSA) is 58.4 Å². The second-order valence-electron chi connectivity index (χ2n) is 4.53. The van der Waals surface area contributed by atoms with E-state index < -0.39 is 0 Å². The number of amides is 1. The molecule has 1 saturated heterocycles. The number of hydrogen-bond donors (Lipinski definition) is 2. The van der Waals surface area contributed by atoms with Crippen molar-refractivity contribution in [3.8, 4) is 0 Å². The third kappa shape index (κ3) is 2.26. The Labute approximate surface area is 102 Å². The predicted octanol–water partition coefficient (Wildman–Crippen LogP) is 0.567. The van der Waals surface area contributed by atoms with Crippen molar-refractivity contribution in [2.24, 2.45) is 5.73 Å². The van der Waals surface area contributed by atoms with Crippen molar-refractivity contribution < 1.29 is 4.79 Å². The maximum absolute atomic E-state index is 11.8. The number of anilines is 1. The first-order valence-corrected chi connectivity index (χ1v) is 5.95. The number of carbonyl (C=O) groups is 1. The molecule has 1 aromatic rings. The Bertz CT molecular complexity index is 431. The van der Waals surface area contributed by atoms with Gasteiger partial charge in [0.15, 0.2) is 0 Å². The SMILES string of the molecule is Cc1ccc(C)c(N2CCNC(=O)C2CN)c1. The number of carbonyl (C=O) groups excluding carboxylic acids is 1. The minimum absolute atomic E-state index is 0.0275. The van der Waals surface area contributed by atoms with E-state index in [4.69, 9.17) is 5.73 Å². The van der Waals surface area contributed by atoms with Gasteiger partial charge in [0.25, 0.3) is 0 Å². The molecule has 1 aliphatic rings. The lowest BCUT2D eigenvalue weighted by atomic mass is 10.1. The van der Waals surface area contributed by atoms with E-state index >= 15 is 0 Å². The molecule has 0 bridgehead atoms. The van der Waals surface area contributed by atoms with E-state index in [-0.39, 0.29) is 11.9 Å². The molecule has 1 amide bonds. The van der Waals surface area contributed by atoms with E-state index in [9.17, 15) is 4.79 Å². The van der Waals surface area contributed by atoms with Crippen LogP contribution in [0.25, 0.3) is 0 Å². The Morgan fingerprint density at radius 2 is 2.24 bits per heavy atom. The van der Waals surface area contributed by atoms with Crippen LogP contribution in [-0.2, 0) is 4.79 Å². The zero-order chi connectivity index (χ0) is 12.4. The standard InChI is InChI=1S/C13H19N3O/c1-9-3-4-10(2)11(7-9)16-6-5-15-13(17)12(16)8-14/h3-4,7,12H,5-6,8,14H2,1-2H3,(H,15,17). The first-order chi connectivity index (χ1) is 8.13. The minimum Gasteiger partial charge on any atom is -0.357 e. The largest absolute Gasteiger partial charge is 0.357 e. The number of hydrogen-bond acceptors (Lipinski definition) is 3. The lowest BCUT2D eigenvalue weighted by Crippen LogP contribution is -2.58. The normalized spacial score (nSPS) is 20.3. The maximum atomic E-state index is 11.8. The average Bonchev–Trinajstić information content (AvgIpc) is 2.32. The Morgan fingerprint density at radius 1 is 1.47 bits per heavy atom. The fourth-order valence-electron chi connectivity index (χ4n) is 2.27. The molecule has 0 saturated carbocycles. The molecular formula is C13H19N3O. The summed E-state index contributed by atoms with van der Waals surface area (Å²) in [4.78, 5) is 13.9. The van der Waals surface area contributed by atoms with Crippen LogP contribution in [-0.4, -0.2) is 31.6 Å². The summed E-state index contributed by atoms with van der Waals surface area (Å²) >= 11 is 0. The highest BCUT2D eigenvalue weighted by molar-refractivity contribution is 5.87. The molecule has 4 nitrogen and oxygen atoms in total. The number of nitrogens with one attached hydrogen (secondary N) is 1. The fourth-order valence-corrected chi connectivity index (χ4v) is 2.27. The van der Waals surface area contributed by atoms with Crippen molar-refractivity contribution in [2.45, 2.75) is 19.9 Å². The van der Waals surface area contributed by atoms with Crippen LogP contribution in [0, 0.1) is 13.8 Å². The molecule has 1 fully saturated rings. The monoisotopic (exact) mass is 233 g/mol. The molecule has 92 valence electrons. The number of nitrogens with two attached hydrogens (primary N) is 1. The highest BCUT2D eigenvalue weighted by Gasteiger charge is 2.29. The zero-order valence-electron chi connectivity index (χ0n) is 10.4. The van der Waals surface area contributed by atoms with Gasteiger partial charge in [-0.3, -0.25) is 4.79 Å². The van der Waals surface area contributed by atoms with Crippen molar-refractivity contribution in [1.82, 2.24) is 5.32 Å². The van der Waals surface area contributed by atoms with Crippen LogP contribution >= 0.6 is 0 Å². The van der Waals surface area contributed by atoms with E-state index in [0.717, 1.165) is 12.2 Å². The molecule has 1 aromatic carbocycles. The van der Waals surface area contributed by atoms with Gasteiger partial charge in [0.05, 0.1) is 0 Å². The van der Waals surface area contributed by atoms with E-state index in [2.05, 4.69) is 42.3 Å². The van der Waals surface area contributed by atoms with Crippen molar-refractivity contribution in [2.75, 3.05) is 24.5 Å². The van der Waals surface area contributed by atoms with Crippen molar-refractivity contribution in [3.05, 3.63) is 29.3 Å². The molecule has 1 heterocycles. The van der Waals surface area contributed by atoms with Gasteiger partial charge in [0.2, 0.25) is 5.91 Å². The van der Waals surface area contributed by atoms with E-state index in [1.165, 1.54) is 11.1 Å². The van der Waals surface area contributed by atoms with Gasteiger partial charge in [-0.05, 0) is 31.0 Å². The number of piperazine rings is 1. The van der Waals surface area contributed by atoms with Crippen molar-refractivity contribution >= 4 is 11.6 Å². The van der Waals surface area contributed by atoms with E-state index in [0.29, 0.717) is 13.1 Å². The van der Waals surface area contributed by atoms with Gasteiger partial charge >= 0.3 is 0 Å². The summed E-state index contributed by atoms with van der Waals surface area (Å²) in [6, 6.07) is 6.05. The molecule has 4 heteroatoms. The second-order valence-corrected chi connectivity index (χ2v) is 4.53. The summed E-state index contributed by atoms with van der Waals surface area (Å²) in [5.74, 6) is 0.0275. The highest BCUT2D eigenvalue weighted by Crippen LogP contribution is 2.24. The summed E-state index contributed by atoms with van der Waals surface area (Å²) < 4.78 is 0. The Morgan fingerprint density at radius 3 is 2.94 bits per heavy atom. The Hall–Kier alpha value is -1.55. The third-order valence-electron chi connectivity index (χ3n) is 3.23. The van der Waals surface area contributed by atoms with Gasteiger partial charge in [0, 0.05) is 25.3 Å². The van der Waals surface area contributed by atoms with Gasteiger partial charge in [-0.15, -0.1) is 0 Å². The molecule has 1 aliphatic heterocycles. The summed E-state index contributed by atoms with van der Waals surface area (Å²) in [6.07, 6.45) is 0. The van der Waals surface area contributed by atoms with E-state index in [1.807, 2.05) is 0 Å². The molecule has 2 rings (SSSR count). The summed E-state index contributed by atoms with van der Waals surface area (Å²) in [5.41, 5.74) is 9.21. The first-order valence-electron chi connectivity index (χ1n) is 5.95. The van der Waals surface area contributed by atoms with E-state index in [1.54, 1.807) is 0 Å². The van der Waals surface area contributed by atoms with Gasteiger partial charge in [0.1, 0.15) is 6.04 Å². The van der Waals surface area contributed by atoms with Crippen LogP contribution in [0.15, 0.2) is 18.2 Å². The molecule has 0 aliphatic carbocycles. The molecule has 0 radical (unpaired) electrons. The van der Waals surface area contributed by atoms with Crippen molar-refractivity contribution in [3.63, 3.8) is 0 Å². The number of rotatable bonds is 2. The summed E-state index contributed by atoms with van der Waals surface area (Å²) in [6.45, 7) is 5.97. The van der Waals surface area contributed by atoms with Crippen molar-refractivity contribution in [1.29, 1.82) is 0 Å². The van der Waals surface area contributed by atoms with Crippen LogP contribution in [0.5, 0.6) is 0 Å². The van der Waals surface area contributed by atoms with Gasteiger partial charge in [-0.2, -0.15) is 0 Å². The van der Waals surface area contributed by atoms with Crippen LogP contribution in [0.3, 0.4) is 0 Å². The number of aryl methyl sites for hydroxylation is 2. The summed E-state index contributed by atoms with van der Waals surface area (Å²) in [5, 5.41) is 2.86. The summed E-state index contributed by atoms with van der Waals surface area (Å²) in [7, 11) is 0. The van der Waals surface area contributed by atoms with Crippen LogP contribution < -0.4 is 16.0 Å². The van der Waals surface area contributed by atoms with Gasteiger partial charge < -0.3 is 16.0 Å². The second kappa shape index (κ2) is 4.75. The third-order valence-corrected chi connectivity index (χ3v) is 3.23. The minimum atomic E-state index is -0.246. The molecule has 0 aromatic heterocycles. The van der Waals surface area contributed by atoms with Gasteiger partial charge in [-0.25, -0.2) is 0 Å². The molecule has 1 atom stereocenters. The van der Waals surface area contributed by atoms with Crippen LogP contribution in [0.2, 0.25) is 0 Å². The molecule has 1 unspecified atom stereocenters. The zero-order valence-corrected chi connectivity index (χ0v) is 10.4. The number of nitrogens with zero attached hydrogens (tertiary/aromatic N) is 1. The fraction of sp³-hybridized carbons (Fsp3) is 0.462. The lowest BCUT2D eigenvalue weighted by molar-refractivity contribution is -0.123. The van der Waals surface area contributed by atoms with Crippen LogP contribution in [0.1, 0.15) is 11.1 Å². The Kier molecular flexibility index (Phi) is 3.33. The smallest absolute Gasteiger partial charge is 0.244 e. The van der Waals surface area contributed by atoms with Gasteiger partial charge in [-0.1, -0.05) is 12.1 Å². The predicted molar refractivity (Wildman–Crippen MR) is 69.1 cm³/mol. The maximum Gasteiger partial charge on any atom is 0.244 e. The quantitative estimate of drug-likeness (QED) is 0.785. The molecule has 0 spiro atoms. The molecular weight excluding hydrogens is 214 g/mol. The highest BCUT2D eigenvalue weighted by atomic mass is 16.2.